The van der Waals surface area contributed by atoms with E-state index in [-0.39, 0.29) is 10.8 Å². The van der Waals surface area contributed by atoms with Crippen molar-refractivity contribution in [3.05, 3.63) is 29.0 Å². The van der Waals surface area contributed by atoms with Gasteiger partial charge >= 0.3 is 5.97 Å². The van der Waals surface area contributed by atoms with Crippen molar-refractivity contribution in [2.75, 3.05) is 20.3 Å². The van der Waals surface area contributed by atoms with Gasteiger partial charge in [-0.3, -0.25) is 4.79 Å². The van der Waals surface area contributed by atoms with Gasteiger partial charge < -0.3 is 19.9 Å². The van der Waals surface area contributed by atoms with Gasteiger partial charge in [-0.15, -0.1) is 0 Å². The third-order valence-corrected chi connectivity index (χ3v) is 2.55. The minimum Gasteiger partial charge on any atom is -0.482 e. The molecular formula is C12H13ClFNO5. The summed E-state index contributed by atoms with van der Waals surface area (Å²) in [4.78, 5) is 22.7. The van der Waals surface area contributed by atoms with Crippen LogP contribution in [-0.4, -0.2) is 43.3 Å². The van der Waals surface area contributed by atoms with E-state index in [4.69, 9.17) is 21.4 Å². The van der Waals surface area contributed by atoms with Crippen molar-refractivity contribution in [1.82, 2.24) is 5.32 Å². The highest BCUT2D eigenvalue weighted by Crippen LogP contribution is 2.24. The van der Waals surface area contributed by atoms with Crippen LogP contribution in [0.3, 0.4) is 0 Å². The van der Waals surface area contributed by atoms with Crippen molar-refractivity contribution in [3.63, 3.8) is 0 Å². The van der Waals surface area contributed by atoms with Gasteiger partial charge in [0.25, 0.3) is 5.91 Å². The summed E-state index contributed by atoms with van der Waals surface area (Å²) in [6.45, 7) is -1.05. The van der Waals surface area contributed by atoms with E-state index < -0.39 is 36.9 Å². The minimum absolute atomic E-state index is 0.0180. The Labute approximate surface area is 119 Å². The molecule has 2 N–H and O–H groups in total. The first kappa shape index (κ1) is 16.2. The average molecular weight is 306 g/mol. The molecule has 1 atom stereocenters. The van der Waals surface area contributed by atoms with Crippen LogP contribution in [-0.2, 0) is 14.3 Å². The zero-order valence-corrected chi connectivity index (χ0v) is 11.3. The molecule has 0 aliphatic heterocycles. The molecule has 8 heteroatoms. The van der Waals surface area contributed by atoms with Crippen LogP contribution < -0.4 is 10.1 Å². The molecule has 0 bridgehead atoms. The fourth-order valence-corrected chi connectivity index (χ4v) is 1.51. The minimum atomic E-state index is -1.17. The van der Waals surface area contributed by atoms with Crippen molar-refractivity contribution in [2.24, 2.45) is 0 Å². The molecule has 0 aliphatic rings. The van der Waals surface area contributed by atoms with E-state index in [1.54, 1.807) is 0 Å². The van der Waals surface area contributed by atoms with Crippen LogP contribution in [0.5, 0.6) is 5.75 Å². The molecule has 20 heavy (non-hydrogen) atoms. The lowest BCUT2D eigenvalue weighted by Crippen LogP contribution is -2.45. The van der Waals surface area contributed by atoms with Gasteiger partial charge in [-0.05, 0) is 18.2 Å². The fraction of sp³-hybridized carbons (Fsp3) is 0.333. The van der Waals surface area contributed by atoms with Crippen LogP contribution in [0, 0.1) is 5.82 Å². The topological polar surface area (TPSA) is 84.9 Å². The number of halogens is 2. The lowest BCUT2D eigenvalue weighted by molar-refractivity contribution is -0.146. The molecule has 0 fully saturated rings. The highest BCUT2D eigenvalue weighted by molar-refractivity contribution is 6.32. The Morgan fingerprint density at radius 3 is 2.75 bits per heavy atom. The average Bonchev–Trinajstić information content (AvgIpc) is 2.43. The molecular weight excluding hydrogens is 293 g/mol. The summed E-state index contributed by atoms with van der Waals surface area (Å²) in [5, 5.41) is 11.1. The van der Waals surface area contributed by atoms with E-state index in [1.807, 2.05) is 0 Å². The van der Waals surface area contributed by atoms with Crippen LogP contribution in [0.1, 0.15) is 0 Å². The van der Waals surface area contributed by atoms with Crippen LogP contribution >= 0.6 is 11.6 Å². The summed E-state index contributed by atoms with van der Waals surface area (Å²) in [5.41, 5.74) is 0. The third kappa shape index (κ3) is 4.67. The van der Waals surface area contributed by atoms with E-state index in [9.17, 15) is 14.0 Å². The second-order valence-electron chi connectivity index (χ2n) is 3.69. The van der Waals surface area contributed by atoms with Crippen molar-refractivity contribution in [3.8, 4) is 5.75 Å². The van der Waals surface area contributed by atoms with Gasteiger partial charge in [-0.25, -0.2) is 9.18 Å². The second kappa shape index (κ2) is 7.66. The van der Waals surface area contributed by atoms with Crippen LogP contribution in [0.2, 0.25) is 5.02 Å². The molecule has 0 spiro atoms. The number of ether oxygens (including phenoxy) is 2. The van der Waals surface area contributed by atoms with Gasteiger partial charge in [0, 0.05) is 0 Å². The van der Waals surface area contributed by atoms with Gasteiger partial charge in [0.2, 0.25) is 0 Å². The smallest absolute Gasteiger partial charge is 0.330 e. The lowest BCUT2D eigenvalue weighted by Gasteiger charge is -2.14. The largest absolute Gasteiger partial charge is 0.482 e. The summed E-state index contributed by atoms with van der Waals surface area (Å²) < 4.78 is 22.2. The van der Waals surface area contributed by atoms with Crippen LogP contribution in [0.15, 0.2) is 18.2 Å². The Hall–Kier alpha value is -1.86. The predicted octanol–water partition coefficient (Wildman–Crippen LogP) is 0.508. The first-order valence-electron chi connectivity index (χ1n) is 5.53. The van der Waals surface area contributed by atoms with Gasteiger partial charge in [0.1, 0.15) is 11.6 Å². The number of amides is 1. The van der Waals surface area contributed by atoms with Crippen molar-refractivity contribution in [2.45, 2.75) is 6.04 Å². The Balaban J connectivity index is 2.52. The summed E-state index contributed by atoms with van der Waals surface area (Å²) in [6, 6.07) is 2.28. The number of nitrogens with one attached hydrogen (secondary N) is 1. The Morgan fingerprint density at radius 1 is 1.50 bits per heavy atom. The number of esters is 1. The zero-order chi connectivity index (χ0) is 15.1. The van der Waals surface area contributed by atoms with Crippen molar-refractivity contribution in [1.29, 1.82) is 0 Å². The molecule has 6 nitrogen and oxygen atoms in total. The molecule has 1 amide bonds. The van der Waals surface area contributed by atoms with E-state index in [0.29, 0.717) is 0 Å². The number of hydrogen-bond acceptors (Lipinski definition) is 5. The normalized spacial score (nSPS) is 11.6. The van der Waals surface area contributed by atoms with Gasteiger partial charge in [0.05, 0.1) is 18.7 Å². The lowest BCUT2D eigenvalue weighted by atomic mass is 10.3. The zero-order valence-electron chi connectivity index (χ0n) is 10.6. The fourth-order valence-electron chi connectivity index (χ4n) is 1.29. The maximum atomic E-state index is 12.8. The van der Waals surface area contributed by atoms with Gasteiger partial charge in [-0.1, -0.05) is 11.6 Å². The monoisotopic (exact) mass is 305 g/mol. The molecule has 0 heterocycles. The van der Waals surface area contributed by atoms with E-state index >= 15 is 0 Å². The van der Waals surface area contributed by atoms with Crippen LogP contribution in [0.4, 0.5) is 4.39 Å². The highest BCUT2D eigenvalue weighted by Gasteiger charge is 2.20. The third-order valence-electron chi connectivity index (χ3n) is 2.26. The number of benzene rings is 1. The number of hydrogen-bond donors (Lipinski definition) is 2. The number of aliphatic hydroxyl groups is 1. The van der Waals surface area contributed by atoms with E-state index in [2.05, 4.69) is 10.1 Å². The Morgan fingerprint density at radius 2 is 2.20 bits per heavy atom. The van der Waals surface area contributed by atoms with Crippen molar-refractivity contribution < 1.29 is 28.6 Å². The van der Waals surface area contributed by atoms with E-state index in [1.165, 1.54) is 6.07 Å². The summed E-state index contributed by atoms with van der Waals surface area (Å²) in [6.07, 6.45) is 0. The molecule has 1 rings (SSSR count). The van der Waals surface area contributed by atoms with Crippen molar-refractivity contribution >= 4 is 23.5 Å². The molecule has 0 aliphatic carbocycles. The molecule has 0 saturated carbocycles. The Bertz CT molecular complexity index is 497. The van der Waals surface area contributed by atoms with Crippen LogP contribution in [0.25, 0.3) is 0 Å². The van der Waals surface area contributed by atoms with Gasteiger partial charge in [0.15, 0.2) is 12.6 Å². The molecule has 110 valence electrons. The maximum absolute atomic E-state index is 12.8. The van der Waals surface area contributed by atoms with Gasteiger partial charge in [-0.2, -0.15) is 0 Å². The number of methoxy groups -OCH3 is 1. The Kier molecular flexibility index (Phi) is 6.20. The maximum Gasteiger partial charge on any atom is 0.330 e. The number of carbonyl (C=O) groups excluding carboxylic acids is 2. The summed E-state index contributed by atoms with van der Waals surface area (Å²) in [7, 11) is 1.13. The first-order valence-corrected chi connectivity index (χ1v) is 5.91. The number of carbonyl (C=O) groups is 2. The van der Waals surface area contributed by atoms with E-state index in [0.717, 1.165) is 19.2 Å². The SMILES string of the molecule is COC(=O)[C@@H](CO)NC(=O)COc1ccc(F)cc1Cl. The summed E-state index contributed by atoms with van der Waals surface area (Å²) in [5.74, 6) is -1.84. The molecule has 1 aromatic rings. The molecule has 0 saturated heterocycles. The molecule has 0 unspecified atom stereocenters. The first-order chi connectivity index (χ1) is 9.47. The molecule has 0 aromatic heterocycles. The molecule has 1 aromatic carbocycles. The number of rotatable bonds is 6. The number of aliphatic hydroxyl groups excluding tert-OH is 1. The molecule has 0 radical (unpaired) electrons. The summed E-state index contributed by atoms with van der Waals surface area (Å²) >= 11 is 5.71. The predicted molar refractivity (Wildman–Crippen MR) is 67.9 cm³/mol. The standard InChI is InChI=1S/C12H13ClFNO5/c1-19-12(18)9(5-16)15-11(17)6-20-10-3-2-7(14)4-8(10)13/h2-4,9,16H,5-6H2,1H3,(H,15,17)/t9-/m1/s1. The quantitative estimate of drug-likeness (QED) is 0.748. The second-order valence-corrected chi connectivity index (χ2v) is 4.10. The highest BCUT2D eigenvalue weighted by atomic mass is 35.5.